The molecule has 0 amide bonds. The maximum Gasteiger partial charge on any atom is 0.305 e. The highest BCUT2D eigenvalue weighted by Crippen LogP contribution is 2.35. The van der Waals surface area contributed by atoms with Crippen molar-refractivity contribution in [2.45, 2.75) is 32.7 Å². The van der Waals surface area contributed by atoms with Crippen LogP contribution in [0.1, 0.15) is 26.7 Å². The molecule has 1 N–H and O–H groups in total. The zero-order valence-corrected chi connectivity index (χ0v) is 7.86. The van der Waals surface area contributed by atoms with Crippen molar-refractivity contribution in [2.24, 2.45) is 10.7 Å². The number of hydrogen-bond acceptors (Lipinski definition) is 3. The van der Waals surface area contributed by atoms with E-state index in [-0.39, 0.29) is 17.9 Å². The van der Waals surface area contributed by atoms with E-state index in [0.717, 1.165) is 0 Å². The molecular formula is C8H14N2O3. The highest BCUT2D eigenvalue weighted by atomic mass is 16.4. The lowest BCUT2D eigenvalue weighted by Crippen LogP contribution is -2.26. The molecule has 1 unspecified atom stereocenters. The van der Waals surface area contributed by atoms with Crippen molar-refractivity contribution >= 4 is 5.97 Å². The Labute approximate surface area is 76.7 Å². The molecule has 5 nitrogen and oxygen atoms in total. The van der Waals surface area contributed by atoms with Crippen molar-refractivity contribution in [3.05, 3.63) is 4.91 Å². The normalized spacial score (nSPS) is 26.0. The molecule has 0 aromatic carbocycles. The molecule has 1 fully saturated rings. The summed E-state index contributed by atoms with van der Waals surface area (Å²) in [6.07, 6.45) is 0.709. The number of carbonyl (C=O) groups is 1. The minimum absolute atomic E-state index is 0.00479. The van der Waals surface area contributed by atoms with Crippen LogP contribution in [0.5, 0.6) is 0 Å². The number of nitroso groups, excluding NO2 is 1. The van der Waals surface area contributed by atoms with E-state index in [1.807, 2.05) is 13.8 Å². The summed E-state index contributed by atoms with van der Waals surface area (Å²) in [7, 11) is 0. The average Bonchev–Trinajstić information content (AvgIpc) is 2.24. The molecule has 1 aliphatic rings. The molecule has 0 aliphatic carbocycles. The molecule has 1 atom stereocenters. The number of carboxylic acids is 1. The fraction of sp³-hybridized carbons (Fsp3) is 0.875. The third-order valence-corrected chi connectivity index (χ3v) is 2.31. The molecule has 0 spiro atoms. The Morgan fingerprint density at radius 3 is 2.77 bits per heavy atom. The molecular weight excluding hydrogens is 172 g/mol. The van der Waals surface area contributed by atoms with E-state index in [0.29, 0.717) is 13.0 Å². The number of rotatable bonds is 3. The predicted molar refractivity (Wildman–Crippen MR) is 46.9 cm³/mol. The van der Waals surface area contributed by atoms with E-state index in [1.54, 1.807) is 0 Å². The number of carboxylic acid groups (broad SMARTS) is 1. The molecule has 0 radical (unpaired) electrons. The van der Waals surface area contributed by atoms with Crippen molar-refractivity contribution in [3.63, 3.8) is 0 Å². The molecule has 1 saturated heterocycles. The van der Waals surface area contributed by atoms with Gasteiger partial charge in [0.15, 0.2) is 0 Å². The molecule has 0 bridgehead atoms. The third-order valence-electron chi connectivity index (χ3n) is 2.31. The summed E-state index contributed by atoms with van der Waals surface area (Å²) in [5.41, 5.74) is -0.00593. The van der Waals surface area contributed by atoms with Crippen LogP contribution in [-0.2, 0) is 4.79 Å². The number of hydrogen-bond donors (Lipinski definition) is 1. The predicted octanol–water partition coefficient (Wildman–Crippen LogP) is 1.24. The summed E-state index contributed by atoms with van der Waals surface area (Å²) in [6.45, 7) is 4.56. The molecule has 0 aromatic rings. The largest absolute Gasteiger partial charge is 0.481 e. The number of aliphatic carboxylic acids is 1. The molecule has 74 valence electrons. The summed E-state index contributed by atoms with van der Waals surface area (Å²) in [6, 6.07) is -0.231. The molecule has 1 heterocycles. The molecule has 5 heteroatoms. The van der Waals surface area contributed by atoms with Crippen molar-refractivity contribution in [1.29, 1.82) is 0 Å². The first kappa shape index (κ1) is 9.95. The van der Waals surface area contributed by atoms with Gasteiger partial charge >= 0.3 is 5.97 Å². The Morgan fingerprint density at radius 2 is 2.31 bits per heavy atom. The second-order valence-electron chi connectivity index (χ2n) is 4.30. The fourth-order valence-electron chi connectivity index (χ4n) is 1.85. The van der Waals surface area contributed by atoms with Gasteiger partial charge in [-0.25, -0.2) is 0 Å². The Kier molecular flexibility index (Phi) is 2.54. The lowest BCUT2D eigenvalue weighted by atomic mass is 9.90. The molecule has 0 aromatic heterocycles. The summed E-state index contributed by atoms with van der Waals surface area (Å²) in [5, 5.41) is 12.8. The van der Waals surface area contributed by atoms with Crippen molar-refractivity contribution in [2.75, 3.05) is 6.54 Å². The van der Waals surface area contributed by atoms with Crippen molar-refractivity contribution in [3.8, 4) is 0 Å². The molecule has 1 rings (SSSR count). The van der Waals surface area contributed by atoms with Gasteiger partial charge < -0.3 is 5.11 Å². The van der Waals surface area contributed by atoms with Gasteiger partial charge in [-0.05, 0) is 11.8 Å². The zero-order chi connectivity index (χ0) is 10.1. The summed E-state index contributed by atoms with van der Waals surface area (Å²) in [4.78, 5) is 20.8. The quantitative estimate of drug-likeness (QED) is 0.673. The van der Waals surface area contributed by atoms with Gasteiger partial charge in [-0.15, -0.1) is 4.91 Å². The Morgan fingerprint density at radius 1 is 1.69 bits per heavy atom. The standard InChI is InChI=1S/C8H14N2O3/c1-8(2)4-6(3-7(11)12)10(5-8)9-13/h6H,3-5H2,1-2H3,(H,11,12). The van der Waals surface area contributed by atoms with E-state index in [9.17, 15) is 9.70 Å². The van der Waals surface area contributed by atoms with E-state index < -0.39 is 5.97 Å². The van der Waals surface area contributed by atoms with Gasteiger partial charge in [0.25, 0.3) is 0 Å². The maximum absolute atomic E-state index is 10.5. The number of nitrogens with zero attached hydrogens (tertiary/aromatic N) is 2. The van der Waals surface area contributed by atoms with E-state index in [2.05, 4.69) is 5.29 Å². The van der Waals surface area contributed by atoms with Crippen LogP contribution in [0.4, 0.5) is 0 Å². The lowest BCUT2D eigenvalue weighted by molar-refractivity contribution is -0.138. The summed E-state index contributed by atoms with van der Waals surface area (Å²) < 4.78 is 0. The van der Waals surface area contributed by atoms with Crippen LogP contribution < -0.4 is 0 Å². The van der Waals surface area contributed by atoms with Gasteiger partial charge in [0.2, 0.25) is 0 Å². The fourth-order valence-corrected chi connectivity index (χ4v) is 1.85. The monoisotopic (exact) mass is 186 g/mol. The molecule has 13 heavy (non-hydrogen) atoms. The average molecular weight is 186 g/mol. The Bertz CT molecular complexity index is 227. The van der Waals surface area contributed by atoms with E-state index in [4.69, 9.17) is 5.11 Å². The summed E-state index contributed by atoms with van der Waals surface area (Å²) >= 11 is 0. The highest BCUT2D eigenvalue weighted by molar-refractivity contribution is 5.67. The van der Waals surface area contributed by atoms with Crippen LogP contribution in [0.3, 0.4) is 0 Å². The van der Waals surface area contributed by atoms with Gasteiger partial charge in [0.05, 0.1) is 17.7 Å². The second kappa shape index (κ2) is 3.32. The first-order valence-electron chi connectivity index (χ1n) is 4.26. The van der Waals surface area contributed by atoms with Crippen molar-refractivity contribution in [1.82, 2.24) is 5.01 Å². The molecule has 0 saturated carbocycles. The minimum atomic E-state index is -0.878. The van der Waals surface area contributed by atoms with Gasteiger partial charge in [-0.3, -0.25) is 9.80 Å². The maximum atomic E-state index is 10.5. The first-order valence-corrected chi connectivity index (χ1v) is 4.26. The Balaban J connectivity index is 2.63. The third kappa shape index (κ3) is 2.40. The van der Waals surface area contributed by atoms with Crippen LogP contribution in [0, 0.1) is 10.3 Å². The van der Waals surface area contributed by atoms with Crippen LogP contribution in [-0.4, -0.2) is 28.7 Å². The lowest BCUT2D eigenvalue weighted by Gasteiger charge is -2.15. The van der Waals surface area contributed by atoms with Crippen LogP contribution in [0.15, 0.2) is 5.29 Å². The smallest absolute Gasteiger partial charge is 0.305 e. The summed E-state index contributed by atoms with van der Waals surface area (Å²) in [5.74, 6) is -0.878. The minimum Gasteiger partial charge on any atom is -0.481 e. The van der Waals surface area contributed by atoms with Crippen LogP contribution in [0.2, 0.25) is 0 Å². The topological polar surface area (TPSA) is 70.0 Å². The van der Waals surface area contributed by atoms with Gasteiger partial charge in [-0.1, -0.05) is 13.8 Å². The van der Waals surface area contributed by atoms with Gasteiger partial charge in [-0.2, -0.15) is 0 Å². The molecule has 1 aliphatic heterocycles. The Hall–Kier alpha value is -1.13. The van der Waals surface area contributed by atoms with Crippen LogP contribution >= 0.6 is 0 Å². The van der Waals surface area contributed by atoms with E-state index in [1.165, 1.54) is 5.01 Å². The second-order valence-corrected chi connectivity index (χ2v) is 4.30. The van der Waals surface area contributed by atoms with Crippen LogP contribution in [0.25, 0.3) is 0 Å². The van der Waals surface area contributed by atoms with Crippen molar-refractivity contribution < 1.29 is 9.90 Å². The highest BCUT2D eigenvalue weighted by Gasteiger charge is 2.38. The van der Waals surface area contributed by atoms with Gasteiger partial charge in [0.1, 0.15) is 0 Å². The zero-order valence-electron chi connectivity index (χ0n) is 7.86. The SMILES string of the molecule is CC1(C)CC(CC(=O)O)N(N=O)C1. The van der Waals surface area contributed by atoms with Gasteiger partial charge in [0, 0.05) is 6.54 Å². The first-order chi connectivity index (χ1) is 5.94. The van der Waals surface area contributed by atoms with E-state index >= 15 is 0 Å².